The highest BCUT2D eigenvalue weighted by Crippen LogP contribution is 2.33. The Morgan fingerprint density at radius 2 is 2.07 bits per heavy atom. The van der Waals surface area contributed by atoms with Crippen molar-refractivity contribution in [2.75, 3.05) is 18.8 Å². The van der Waals surface area contributed by atoms with Gasteiger partial charge in [-0.3, -0.25) is 5.10 Å². The van der Waals surface area contributed by atoms with E-state index in [2.05, 4.69) is 32.1 Å². The largest absolute Gasteiger partial charge is 0.415 e. The molecule has 1 unspecified atom stereocenters. The molecule has 1 fully saturated rings. The van der Waals surface area contributed by atoms with Crippen LogP contribution < -0.4 is 4.74 Å². The lowest BCUT2D eigenvalue weighted by Crippen LogP contribution is -2.40. The first kappa shape index (κ1) is 20.8. The molecule has 4 rings (SSSR count). The van der Waals surface area contributed by atoms with Crippen LogP contribution in [0.2, 0.25) is 0 Å². The number of hydrogen-bond donors (Lipinski definition) is 2. The molecular formula is C20H24N6O2S2. The summed E-state index contributed by atoms with van der Waals surface area (Å²) in [5.41, 5.74) is 1.15. The molecule has 0 aliphatic carbocycles. The predicted molar refractivity (Wildman–Crippen MR) is 117 cm³/mol. The maximum Gasteiger partial charge on any atom is 0.415 e. The fourth-order valence-electron chi connectivity index (χ4n) is 3.26. The zero-order valence-corrected chi connectivity index (χ0v) is 18.3. The van der Waals surface area contributed by atoms with Crippen molar-refractivity contribution in [3.63, 3.8) is 0 Å². The lowest BCUT2D eigenvalue weighted by Gasteiger charge is -2.30. The summed E-state index contributed by atoms with van der Waals surface area (Å²) >= 11 is 3.31. The molecule has 3 heterocycles. The number of aromatic nitrogens is 5. The Labute approximate surface area is 183 Å². The van der Waals surface area contributed by atoms with Crippen LogP contribution in [-0.2, 0) is 0 Å². The van der Waals surface area contributed by atoms with Crippen LogP contribution in [-0.4, -0.2) is 55.0 Å². The van der Waals surface area contributed by atoms with E-state index in [-0.39, 0.29) is 11.3 Å². The van der Waals surface area contributed by atoms with Crippen LogP contribution in [0.5, 0.6) is 5.75 Å². The van der Waals surface area contributed by atoms with Crippen molar-refractivity contribution in [3.05, 3.63) is 48.5 Å². The number of rotatable bonds is 7. The molecule has 30 heavy (non-hydrogen) atoms. The highest BCUT2D eigenvalue weighted by Gasteiger charge is 2.24. The van der Waals surface area contributed by atoms with E-state index in [1.165, 1.54) is 0 Å². The number of H-pyrrole nitrogens is 2. The minimum atomic E-state index is -0.277. The number of hydrogen-bond acceptors (Lipinski definition) is 7. The minimum Gasteiger partial charge on any atom is -0.410 e. The van der Waals surface area contributed by atoms with Crippen LogP contribution in [0.3, 0.4) is 0 Å². The molecule has 1 saturated heterocycles. The third-order valence-electron chi connectivity index (χ3n) is 5.03. The van der Waals surface area contributed by atoms with Gasteiger partial charge in [0.05, 0.1) is 0 Å². The molecule has 10 heteroatoms. The summed E-state index contributed by atoms with van der Waals surface area (Å²) in [6, 6.07) is 7.70. The second-order valence-electron chi connectivity index (χ2n) is 7.11. The van der Waals surface area contributed by atoms with Gasteiger partial charge in [0, 0.05) is 36.5 Å². The van der Waals surface area contributed by atoms with E-state index in [4.69, 9.17) is 4.74 Å². The summed E-state index contributed by atoms with van der Waals surface area (Å²) in [5.74, 6) is 2.10. The van der Waals surface area contributed by atoms with Crippen molar-refractivity contribution in [2.45, 2.75) is 35.3 Å². The van der Waals surface area contributed by atoms with Crippen molar-refractivity contribution < 1.29 is 9.53 Å². The van der Waals surface area contributed by atoms with Gasteiger partial charge in [-0.1, -0.05) is 35.7 Å². The van der Waals surface area contributed by atoms with E-state index in [0.29, 0.717) is 24.8 Å². The van der Waals surface area contributed by atoms with Gasteiger partial charge in [0.15, 0.2) is 5.16 Å². The Morgan fingerprint density at radius 3 is 2.73 bits per heavy atom. The number of thioether (sulfide) groups is 2. The average molecular weight is 445 g/mol. The van der Waals surface area contributed by atoms with E-state index >= 15 is 0 Å². The van der Waals surface area contributed by atoms with Gasteiger partial charge in [-0.25, -0.2) is 14.8 Å². The molecule has 0 radical (unpaired) electrons. The maximum absolute atomic E-state index is 12.5. The molecule has 1 aromatic carbocycles. The summed E-state index contributed by atoms with van der Waals surface area (Å²) in [6.07, 6.45) is 6.80. The van der Waals surface area contributed by atoms with Gasteiger partial charge in [-0.05, 0) is 43.4 Å². The van der Waals surface area contributed by atoms with E-state index in [1.807, 2.05) is 30.5 Å². The normalized spacial score (nSPS) is 15.8. The number of carbonyl (C=O) groups excluding carboxylic acids is 1. The van der Waals surface area contributed by atoms with Crippen LogP contribution in [0, 0.1) is 5.92 Å². The minimum absolute atomic E-state index is 0.245. The molecule has 0 spiro atoms. The molecular weight excluding hydrogens is 420 g/mol. The number of imidazole rings is 1. The standard InChI is InChI=1S/C20H24N6O2S2/c1-14(30-18-21-8-9-22-18)16-2-4-17(5-3-16)28-20(27)26-10-6-15(7-11-26)12-29-19-23-13-24-25-19/h2-5,8-9,13-15H,6-7,10-12H2,1H3,(H,21,22)(H,23,24,25). The van der Waals surface area contributed by atoms with Gasteiger partial charge in [-0.2, -0.15) is 0 Å². The van der Waals surface area contributed by atoms with Crippen LogP contribution in [0.25, 0.3) is 0 Å². The van der Waals surface area contributed by atoms with Crippen LogP contribution in [0.15, 0.2) is 53.3 Å². The van der Waals surface area contributed by atoms with Crippen molar-refractivity contribution in [1.82, 2.24) is 30.0 Å². The number of aromatic amines is 2. The number of amides is 1. The molecule has 1 amide bonds. The number of nitrogens with zero attached hydrogens (tertiary/aromatic N) is 4. The third kappa shape index (κ3) is 5.57. The Kier molecular flexibility index (Phi) is 6.96. The molecule has 0 bridgehead atoms. The Balaban J connectivity index is 1.22. The van der Waals surface area contributed by atoms with E-state index in [0.717, 1.165) is 34.5 Å². The first-order valence-corrected chi connectivity index (χ1v) is 11.7. The highest BCUT2D eigenvalue weighted by atomic mass is 32.2. The second kappa shape index (κ2) is 10.0. The van der Waals surface area contributed by atoms with Gasteiger partial charge < -0.3 is 14.6 Å². The molecule has 158 valence electrons. The molecule has 2 N–H and O–H groups in total. The van der Waals surface area contributed by atoms with Crippen molar-refractivity contribution >= 4 is 29.6 Å². The third-order valence-corrected chi connectivity index (χ3v) is 7.20. The van der Waals surface area contributed by atoms with Crippen LogP contribution in [0.1, 0.15) is 30.6 Å². The van der Waals surface area contributed by atoms with Crippen molar-refractivity contribution in [3.8, 4) is 5.75 Å². The van der Waals surface area contributed by atoms with E-state index < -0.39 is 0 Å². The monoisotopic (exact) mass is 444 g/mol. The number of benzene rings is 1. The summed E-state index contributed by atoms with van der Waals surface area (Å²) in [7, 11) is 0. The Bertz CT molecular complexity index is 909. The van der Waals surface area contributed by atoms with Gasteiger partial charge in [0.1, 0.15) is 12.1 Å². The topological polar surface area (TPSA) is 99.8 Å². The first-order valence-electron chi connectivity index (χ1n) is 9.88. The van der Waals surface area contributed by atoms with E-state index in [9.17, 15) is 4.79 Å². The Morgan fingerprint density at radius 1 is 1.27 bits per heavy atom. The molecule has 1 aliphatic rings. The average Bonchev–Trinajstić information content (AvgIpc) is 3.47. The quantitative estimate of drug-likeness (QED) is 0.522. The molecule has 3 aromatic rings. The summed E-state index contributed by atoms with van der Waals surface area (Å²) in [5, 5.41) is 8.70. The van der Waals surface area contributed by atoms with Gasteiger partial charge in [-0.15, -0.1) is 5.10 Å². The molecule has 1 aliphatic heterocycles. The number of piperidine rings is 1. The van der Waals surface area contributed by atoms with Gasteiger partial charge >= 0.3 is 6.09 Å². The number of likely N-dealkylation sites (tertiary alicyclic amines) is 1. The smallest absolute Gasteiger partial charge is 0.410 e. The molecule has 0 saturated carbocycles. The SMILES string of the molecule is CC(Sc1ncc[nH]1)c1ccc(OC(=O)N2CCC(CSc3nc[nH]n3)CC2)cc1. The van der Waals surface area contributed by atoms with Crippen LogP contribution >= 0.6 is 23.5 Å². The Hall–Kier alpha value is -2.46. The highest BCUT2D eigenvalue weighted by molar-refractivity contribution is 7.99. The number of nitrogens with one attached hydrogen (secondary N) is 2. The predicted octanol–water partition coefficient (Wildman–Crippen LogP) is 4.38. The number of carbonyl (C=O) groups is 1. The second-order valence-corrected chi connectivity index (χ2v) is 9.43. The molecule has 1 atom stereocenters. The fraction of sp³-hybridized carbons (Fsp3) is 0.400. The summed E-state index contributed by atoms with van der Waals surface area (Å²) < 4.78 is 5.58. The lowest BCUT2D eigenvalue weighted by molar-refractivity contribution is 0.134. The number of ether oxygens (including phenoxy) is 1. The van der Waals surface area contributed by atoms with Gasteiger partial charge in [0.25, 0.3) is 0 Å². The van der Waals surface area contributed by atoms with Crippen molar-refractivity contribution in [2.24, 2.45) is 5.92 Å². The van der Waals surface area contributed by atoms with Crippen LogP contribution in [0.4, 0.5) is 4.79 Å². The van der Waals surface area contributed by atoms with Crippen molar-refractivity contribution in [1.29, 1.82) is 0 Å². The zero-order valence-electron chi connectivity index (χ0n) is 16.7. The summed E-state index contributed by atoms with van der Waals surface area (Å²) in [4.78, 5) is 25.8. The fourth-order valence-corrected chi connectivity index (χ4v) is 5.11. The first-order chi connectivity index (χ1) is 14.7. The van der Waals surface area contributed by atoms with Gasteiger partial charge in [0.2, 0.25) is 5.16 Å². The zero-order chi connectivity index (χ0) is 20.8. The lowest BCUT2D eigenvalue weighted by atomic mass is 9.99. The maximum atomic E-state index is 12.5. The molecule has 8 nitrogen and oxygen atoms in total. The molecule has 2 aromatic heterocycles. The van der Waals surface area contributed by atoms with E-state index in [1.54, 1.807) is 40.9 Å². The summed E-state index contributed by atoms with van der Waals surface area (Å²) in [6.45, 7) is 3.55.